The summed E-state index contributed by atoms with van der Waals surface area (Å²) in [6, 6.07) is 0.0134. The Labute approximate surface area is 110 Å². The summed E-state index contributed by atoms with van der Waals surface area (Å²) in [5.74, 6) is 0.579. The van der Waals surface area contributed by atoms with E-state index in [1.165, 1.54) is 0 Å². The zero-order chi connectivity index (χ0) is 13.3. The molecule has 0 radical (unpaired) electrons. The average Bonchev–Trinajstić information content (AvgIpc) is 2.70. The molecule has 3 unspecified atom stereocenters. The topological polar surface area (TPSA) is 66.6 Å². The summed E-state index contributed by atoms with van der Waals surface area (Å²) in [5, 5.41) is 9.58. The van der Waals surface area contributed by atoms with E-state index < -0.39 is 0 Å². The van der Waals surface area contributed by atoms with E-state index in [9.17, 15) is 9.90 Å². The highest BCUT2D eigenvalue weighted by Gasteiger charge is 2.45. The van der Waals surface area contributed by atoms with Crippen molar-refractivity contribution in [1.29, 1.82) is 0 Å². The van der Waals surface area contributed by atoms with Crippen molar-refractivity contribution in [1.82, 2.24) is 4.90 Å². The maximum Gasteiger partial charge on any atom is 0.230 e. The number of hydrogen-bond donors (Lipinski definition) is 2. The van der Waals surface area contributed by atoms with Crippen LogP contribution < -0.4 is 5.73 Å². The van der Waals surface area contributed by atoms with Crippen LogP contribution in [0.5, 0.6) is 0 Å². The Morgan fingerprint density at radius 3 is 2.44 bits per heavy atom. The first-order valence-corrected chi connectivity index (χ1v) is 7.18. The molecule has 0 aromatic rings. The Hall–Kier alpha value is -0.610. The Morgan fingerprint density at radius 2 is 2.00 bits per heavy atom. The molecular weight excluding hydrogens is 228 g/mol. The largest absolute Gasteiger partial charge is 0.393 e. The smallest absolute Gasteiger partial charge is 0.230 e. The van der Waals surface area contributed by atoms with Crippen LogP contribution in [0.1, 0.15) is 46.0 Å². The molecule has 2 rings (SSSR count). The lowest BCUT2D eigenvalue weighted by Crippen LogP contribution is -2.51. The highest BCUT2D eigenvalue weighted by Crippen LogP contribution is 2.39. The molecule has 18 heavy (non-hydrogen) atoms. The first kappa shape index (κ1) is 13.8. The second-order valence-corrected chi connectivity index (χ2v) is 6.29. The molecule has 4 nitrogen and oxygen atoms in total. The van der Waals surface area contributed by atoms with E-state index in [1.807, 2.05) is 18.7 Å². The van der Waals surface area contributed by atoms with Crippen molar-refractivity contribution >= 4 is 5.91 Å². The molecule has 1 aliphatic heterocycles. The SMILES string of the molecule is CC(O)C1CCN(C(=O)C2(C)CCCC2N)CC1. The second-order valence-electron chi connectivity index (χ2n) is 6.29. The van der Waals surface area contributed by atoms with Gasteiger partial charge in [0, 0.05) is 19.1 Å². The van der Waals surface area contributed by atoms with Crippen molar-refractivity contribution in [2.75, 3.05) is 13.1 Å². The standard InChI is InChI=1S/C14H26N2O2/c1-10(17)11-5-8-16(9-6-11)13(18)14(2)7-3-4-12(14)15/h10-12,17H,3-9,15H2,1-2H3. The lowest BCUT2D eigenvalue weighted by atomic mass is 9.82. The fourth-order valence-corrected chi connectivity index (χ4v) is 3.40. The van der Waals surface area contributed by atoms with Gasteiger partial charge in [0.1, 0.15) is 0 Å². The molecule has 0 aromatic carbocycles. The molecule has 1 aliphatic carbocycles. The zero-order valence-corrected chi connectivity index (χ0v) is 11.6. The minimum absolute atomic E-state index is 0.0134. The number of rotatable bonds is 2. The number of nitrogens with zero attached hydrogens (tertiary/aromatic N) is 1. The molecule has 3 N–H and O–H groups in total. The van der Waals surface area contributed by atoms with Gasteiger partial charge >= 0.3 is 0 Å². The predicted molar refractivity (Wildman–Crippen MR) is 70.9 cm³/mol. The van der Waals surface area contributed by atoms with E-state index in [0.717, 1.165) is 45.2 Å². The van der Waals surface area contributed by atoms with Crippen LogP contribution >= 0.6 is 0 Å². The van der Waals surface area contributed by atoms with Gasteiger partial charge in [-0.2, -0.15) is 0 Å². The van der Waals surface area contributed by atoms with Crippen molar-refractivity contribution in [2.45, 2.75) is 58.1 Å². The summed E-state index contributed by atoms with van der Waals surface area (Å²) in [4.78, 5) is 14.6. The molecule has 4 heteroatoms. The number of carbonyl (C=O) groups is 1. The van der Waals surface area contributed by atoms with Gasteiger partial charge in [-0.05, 0) is 45.4 Å². The number of carbonyl (C=O) groups excluding carboxylic acids is 1. The van der Waals surface area contributed by atoms with Crippen LogP contribution in [0.25, 0.3) is 0 Å². The van der Waals surface area contributed by atoms with Gasteiger partial charge in [-0.3, -0.25) is 4.79 Å². The molecule has 1 heterocycles. The van der Waals surface area contributed by atoms with E-state index in [0.29, 0.717) is 5.92 Å². The van der Waals surface area contributed by atoms with E-state index in [4.69, 9.17) is 5.73 Å². The molecule has 2 fully saturated rings. The summed E-state index contributed by atoms with van der Waals surface area (Å²) < 4.78 is 0. The van der Waals surface area contributed by atoms with E-state index in [-0.39, 0.29) is 23.5 Å². The van der Waals surface area contributed by atoms with Gasteiger partial charge in [-0.1, -0.05) is 6.42 Å². The second kappa shape index (κ2) is 5.17. The van der Waals surface area contributed by atoms with Crippen molar-refractivity contribution < 1.29 is 9.90 Å². The van der Waals surface area contributed by atoms with Crippen LogP contribution in [0.15, 0.2) is 0 Å². The highest BCUT2D eigenvalue weighted by molar-refractivity contribution is 5.83. The molecule has 0 bridgehead atoms. The van der Waals surface area contributed by atoms with Crippen LogP contribution in [0, 0.1) is 11.3 Å². The predicted octanol–water partition coefficient (Wildman–Crippen LogP) is 1.12. The van der Waals surface area contributed by atoms with Gasteiger partial charge < -0.3 is 15.7 Å². The minimum Gasteiger partial charge on any atom is -0.393 e. The summed E-state index contributed by atoms with van der Waals surface area (Å²) >= 11 is 0. The van der Waals surface area contributed by atoms with Crippen molar-refractivity contribution in [3.63, 3.8) is 0 Å². The van der Waals surface area contributed by atoms with Crippen LogP contribution in [-0.4, -0.2) is 41.1 Å². The summed E-state index contributed by atoms with van der Waals surface area (Å²) in [5.41, 5.74) is 5.76. The molecule has 0 spiro atoms. The summed E-state index contributed by atoms with van der Waals surface area (Å²) in [6.07, 6.45) is 4.51. The molecule has 1 saturated heterocycles. The van der Waals surface area contributed by atoms with Gasteiger partial charge in [0.25, 0.3) is 0 Å². The number of hydrogen-bond acceptors (Lipinski definition) is 3. The third kappa shape index (κ3) is 2.41. The van der Waals surface area contributed by atoms with Gasteiger partial charge in [0.2, 0.25) is 5.91 Å². The zero-order valence-electron chi connectivity index (χ0n) is 11.6. The highest BCUT2D eigenvalue weighted by atomic mass is 16.3. The average molecular weight is 254 g/mol. The molecule has 104 valence electrons. The molecule has 0 aromatic heterocycles. The van der Waals surface area contributed by atoms with Gasteiger partial charge in [0.15, 0.2) is 0 Å². The van der Waals surface area contributed by atoms with Crippen molar-refractivity contribution in [3.8, 4) is 0 Å². The quantitative estimate of drug-likeness (QED) is 0.776. The van der Waals surface area contributed by atoms with E-state index in [2.05, 4.69) is 0 Å². The first-order chi connectivity index (χ1) is 8.45. The number of aliphatic hydroxyl groups excluding tert-OH is 1. The third-order valence-electron chi connectivity index (χ3n) is 5.03. The van der Waals surface area contributed by atoms with Crippen molar-refractivity contribution in [3.05, 3.63) is 0 Å². The normalized spacial score (nSPS) is 35.8. The Balaban J connectivity index is 1.95. The van der Waals surface area contributed by atoms with E-state index in [1.54, 1.807) is 0 Å². The van der Waals surface area contributed by atoms with Gasteiger partial charge in [-0.15, -0.1) is 0 Å². The summed E-state index contributed by atoms with van der Waals surface area (Å²) in [6.45, 7) is 5.41. The van der Waals surface area contributed by atoms with Gasteiger partial charge in [-0.25, -0.2) is 0 Å². The molecule has 1 amide bonds. The lowest BCUT2D eigenvalue weighted by molar-refractivity contribution is -0.143. The number of aliphatic hydroxyl groups is 1. The lowest BCUT2D eigenvalue weighted by Gasteiger charge is -2.39. The number of likely N-dealkylation sites (tertiary alicyclic amines) is 1. The molecule has 1 saturated carbocycles. The van der Waals surface area contributed by atoms with Gasteiger partial charge in [0.05, 0.1) is 11.5 Å². The van der Waals surface area contributed by atoms with Crippen molar-refractivity contribution in [2.24, 2.45) is 17.1 Å². The number of piperidine rings is 1. The Morgan fingerprint density at radius 1 is 1.39 bits per heavy atom. The Bertz CT molecular complexity index is 311. The number of nitrogens with two attached hydrogens (primary N) is 1. The summed E-state index contributed by atoms with van der Waals surface area (Å²) in [7, 11) is 0. The minimum atomic E-state index is -0.350. The fraction of sp³-hybridized carbons (Fsp3) is 0.929. The monoisotopic (exact) mass is 254 g/mol. The first-order valence-electron chi connectivity index (χ1n) is 7.18. The molecular formula is C14H26N2O2. The molecule has 3 atom stereocenters. The third-order valence-corrected chi connectivity index (χ3v) is 5.03. The Kier molecular flexibility index (Phi) is 3.97. The van der Waals surface area contributed by atoms with E-state index >= 15 is 0 Å². The van der Waals surface area contributed by atoms with Crippen LogP contribution in [0.2, 0.25) is 0 Å². The van der Waals surface area contributed by atoms with Crippen LogP contribution in [-0.2, 0) is 4.79 Å². The maximum atomic E-state index is 12.6. The van der Waals surface area contributed by atoms with Crippen LogP contribution in [0.4, 0.5) is 0 Å². The maximum absolute atomic E-state index is 12.6. The fourth-order valence-electron chi connectivity index (χ4n) is 3.40. The van der Waals surface area contributed by atoms with Crippen LogP contribution in [0.3, 0.4) is 0 Å². The number of amides is 1. The molecule has 2 aliphatic rings.